The maximum Gasteiger partial charge on any atom is 0.204 e. The van der Waals surface area contributed by atoms with E-state index in [0.29, 0.717) is 5.82 Å². The van der Waals surface area contributed by atoms with Crippen LogP contribution in [0, 0.1) is 0 Å². The van der Waals surface area contributed by atoms with E-state index in [9.17, 15) is 5.11 Å². The normalized spacial score (nSPS) is 12.6. The maximum absolute atomic E-state index is 9.36. The molecule has 0 bridgehead atoms. The summed E-state index contributed by atoms with van der Waals surface area (Å²) in [5.41, 5.74) is 0.875. The topological polar surface area (TPSA) is 63.8 Å². The Labute approximate surface area is 112 Å². The van der Waals surface area contributed by atoms with Gasteiger partial charge in [0.1, 0.15) is 0 Å². The van der Waals surface area contributed by atoms with Gasteiger partial charge in [-0.2, -0.15) is 4.80 Å². The largest absolute Gasteiger partial charge is 0.390 e. The lowest BCUT2D eigenvalue weighted by molar-refractivity contribution is 0.164. The van der Waals surface area contributed by atoms with Crippen molar-refractivity contribution >= 4 is 27.5 Å². The highest BCUT2D eigenvalue weighted by Crippen LogP contribution is 2.17. The van der Waals surface area contributed by atoms with E-state index < -0.39 is 6.10 Å². The number of alkyl halides is 1. The van der Waals surface area contributed by atoms with Gasteiger partial charge in [0, 0.05) is 10.0 Å². The van der Waals surface area contributed by atoms with Crippen molar-refractivity contribution < 1.29 is 5.11 Å². The van der Waals surface area contributed by atoms with Crippen molar-refractivity contribution in [1.82, 2.24) is 20.2 Å². The van der Waals surface area contributed by atoms with Crippen LogP contribution in [-0.2, 0) is 6.54 Å². The van der Waals surface area contributed by atoms with Crippen molar-refractivity contribution in [2.45, 2.75) is 12.6 Å². The standard InChI is InChI=1S/C10H10BrClN4O/c11-8-3-1-7(2-4-8)10-13-15-16(14-10)6-9(17)5-12/h1-4,9,17H,5-6H2/t9-/m1/s1. The van der Waals surface area contributed by atoms with E-state index in [1.54, 1.807) is 0 Å². The molecule has 1 atom stereocenters. The highest BCUT2D eigenvalue weighted by Gasteiger charge is 2.09. The summed E-state index contributed by atoms with van der Waals surface area (Å²) < 4.78 is 0.992. The molecule has 0 aliphatic rings. The van der Waals surface area contributed by atoms with Crippen molar-refractivity contribution in [2.75, 3.05) is 5.88 Å². The zero-order chi connectivity index (χ0) is 12.3. The molecule has 1 heterocycles. The second-order valence-electron chi connectivity index (χ2n) is 3.48. The molecular weight excluding hydrogens is 307 g/mol. The number of aliphatic hydroxyl groups is 1. The molecule has 0 saturated heterocycles. The first-order valence-electron chi connectivity index (χ1n) is 4.97. The van der Waals surface area contributed by atoms with Gasteiger partial charge in [-0.3, -0.25) is 0 Å². The molecule has 0 aliphatic heterocycles. The molecule has 2 aromatic rings. The van der Waals surface area contributed by atoms with E-state index in [2.05, 4.69) is 31.3 Å². The second-order valence-corrected chi connectivity index (χ2v) is 4.71. The van der Waals surface area contributed by atoms with E-state index in [4.69, 9.17) is 11.6 Å². The van der Waals surface area contributed by atoms with E-state index in [1.807, 2.05) is 24.3 Å². The van der Waals surface area contributed by atoms with Gasteiger partial charge in [0.25, 0.3) is 0 Å². The van der Waals surface area contributed by atoms with Gasteiger partial charge in [0.05, 0.1) is 18.5 Å². The third-order valence-electron chi connectivity index (χ3n) is 2.11. The highest BCUT2D eigenvalue weighted by atomic mass is 79.9. The molecular formula is C10H10BrClN4O. The highest BCUT2D eigenvalue weighted by molar-refractivity contribution is 9.10. The van der Waals surface area contributed by atoms with E-state index in [1.165, 1.54) is 4.80 Å². The molecule has 1 N–H and O–H groups in total. The fourth-order valence-electron chi connectivity index (χ4n) is 1.27. The molecule has 0 aliphatic carbocycles. The van der Waals surface area contributed by atoms with Crippen LogP contribution in [0.15, 0.2) is 28.7 Å². The van der Waals surface area contributed by atoms with Gasteiger partial charge in [-0.1, -0.05) is 15.9 Å². The Balaban J connectivity index is 2.15. The molecule has 2 rings (SSSR count). The molecule has 17 heavy (non-hydrogen) atoms. The summed E-state index contributed by atoms with van der Waals surface area (Å²) in [7, 11) is 0. The first kappa shape index (κ1) is 12.5. The summed E-state index contributed by atoms with van der Waals surface area (Å²) in [4.78, 5) is 1.34. The van der Waals surface area contributed by atoms with Gasteiger partial charge in [0.2, 0.25) is 5.82 Å². The van der Waals surface area contributed by atoms with Crippen LogP contribution < -0.4 is 0 Å². The van der Waals surface area contributed by atoms with Gasteiger partial charge in [-0.25, -0.2) is 0 Å². The number of hydrogen-bond acceptors (Lipinski definition) is 4. The number of nitrogens with zero attached hydrogens (tertiary/aromatic N) is 4. The average molecular weight is 318 g/mol. The Morgan fingerprint density at radius 3 is 2.71 bits per heavy atom. The third-order valence-corrected chi connectivity index (χ3v) is 2.99. The lowest BCUT2D eigenvalue weighted by Gasteiger charge is -2.03. The van der Waals surface area contributed by atoms with Crippen molar-refractivity contribution in [3.05, 3.63) is 28.7 Å². The Morgan fingerprint density at radius 2 is 2.06 bits per heavy atom. The second kappa shape index (κ2) is 5.57. The van der Waals surface area contributed by atoms with E-state index in [-0.39, 0.29) is 12.4 Å². The van der Waals surface area contributed by atoms with Crippen LogP contribution in [0.3, 0.4) is 0 Å². The van der Waals surface area contributed by atoms with Crippen LogP contribution in [0.1, 0.15) is 0 Å². The van der Waals surface area contributed by atoms with Crippen LogP contribution in [0.4, 0.5) is 0 Å². The quantitative estimate of drug-likeness (QED) is 0.872. The summed E-state index contributed by atoms with van der Waals surface area (Å²) in [6.45, 7) is 0.243. The predicted octanol–water partition coefficient (Wildman–Crippen LogP) is 1.70. The summed E-state index contributed by atoms with van der Waals surface area (Å²) in [6.07, 6.45) is -0.663. The van der Waals surface area contributed by atoms with Gasteiger partial charge in [0.15, 0.2) is 0 Å². The summed E-state index contributed by atoms with van der Waals surface area (Å²) in [5.74, 6) is 0.675. The number of benzene rings is 1. The minimum atomic E-state index is -0.663. The van der Waals surface area contributed by atoms with Crippen LogP contribution in [0.2, 0.25) is 0 Å². The number of tetrazole rings is 1. The van der Waals surface area contributed by atoms with Crippen molar-refractivity contribution in [1.29, 1.82) is 0 Å². The number of aromatic nitrogens is 4. The maximum atomic E-state index is 9.36. The molecule has 0 unspecified atom stereocenters. The number of aliphatic hydroxyl groups excluding tert-OH is 1. The lowest BCUT2D eigenvalue weighted by Crippen LogP contribution is -2.19. The van der Waals surface area contributed by atoms with Crippen molar-refractivity contribution in [2.24, 2.45) is 0 Å². The fraction of sp³-hybridized carbons (Fsp3) is 0.300. The summed E-state index contributed by atoms with van der Waals surface area (Å²) >= 11 is 8.85. The zero-order valence-electron chi connectivity index (χ0n) is 8.79. The van der Waals surface area contributed by atoms with Crippen molar-refractivity contribution in [3.8, 4) is 11.4 Å². The summed E-state index contributed by atoms with van der Waals surface area (Å²) in [6, 6.07) is 7.60. The van der Waals surface area contributed by atoms with Gasteiger partial charge < -0.3 is 5.11 Å². The SMILES string of the molecule is O[C@H](CCl)Cn1nnc(-c2ccc(Br)cc2)n1. The average Bonchev–Trinajstić information content (AvgIpc) is 2.78. The molecule has 5 nitrogen and oxygen atoms in total. The van der Waals surface area contributed by atoms with E-state index >= 15 is 0 Å². The number of halogens is 2. The fourth-order valence-corrected chi connectivity index (χ4v) is 1.63. The first-order chi connectivity index (χ1) is 8.19. The molecule has 90 valence electrons. The Bertz CT molecular complexity index is 487. The monoisotopic (exact) mass is 316 g/mol. The van der Waals surface area contributed by atoms with Gasteiger partial charge in [-0.15, -0.1) is 21.8 Å². The Hall–Kier alpha value is -0.980. The van der Waals surface area contributed by atoms with Crippen molar-refractivity contribution in [3.63, 3.8) is 0 Å². The minimum absolute atomic E-state index is 0.148. The van der Waals surface area contributed by atoms with Crippen LogP contribution in [0.25, 0.3) is 11.4 Å². The van der Waals surface area contributed by atoms with Crippen LogP contribution in [0.5, 0.6) is 0 Å². The number of hydrogen-bond donors (Lipinski definition) is 1. The Morgan fingerprint density at radius 1 is 1.35 bits per heavy atom. The molecule has 0 spiro atoms. The lowest BCUT2D eigenvalue weighted by atomic mass is 10.2. The van der Waals surface area contributed by atoms with E-state index in [0.717, 1.165) is 10.0 Å². The van der Waals surface area contributed by atoms with Crippen LogP contribution in [-0.4, -0.2) is 37.3 Å². The molecule has 1 aromatic carbocycles. The molecule has 0 fully saturated rings. The molecule has 0 saturated carbocycles. The minimum Gasteiger partial charge on any atom is -0.390 e. The smallest absolute Gasteiger partial charge is 0.204 e. The van der Waals surface area contributed by atoms with Crippen LogP contribution >= 0.6 is 27.5 Å². The molecule has 0 amide bonds. The predicted molar refractivity (Wildman–Crippen MR) is 67.7 cm³/mol. The summed E-state index contributed by atoms with van der Waals surface area (Å²) in [5, 5.41) is 21.3. The third kappa shape index (κ3) is 3.24. The molecule has 7 heteroatoms. The zero-order valence-corrected chi connectivity index (χ0v) is 11.1. The van der Waals surface area contributed by atoms with Gasteiger partial charge in [-0.05, 0) is 29.5 Å². The first-order valence-corrected chi connectivity index (χ1v) is 6.29. The number of rotatable bonds is 4. The van der Waals surface area contributed by atoms with Gasteiger partial charge >= 0.3 is 0 Å². The Kier molecular flexibility index (Phi) is 4.09. The molecule has 1 aromatic heterocycles. The molecule has 0 radical (unpaired) electrons.